The molecule has 3 rings (SSSR count). The molecule has 2 aromatic carbocycles. The zero-order chi connectivity index (χ0) is 14.7. The van der Waals surface area contributed by atoms with E-state index >= 15 is 0 Å². The summed E-state index contributed by atoms with van der Waals surface area (Å²) in [5, 5.41) is 6.66. The third-order valence-electron chi connectivity index (χ3n) is 3.27. The van der Waals surface area contributed by atoms with Gasteiger partial charge in [-0.25, -0.2) is 5.10 Å². The number of hydrogen-bond donors (Lipinski definition) is 1. The number of rotatable bonds is 3. The van der Waals surface area contributed by atoms with Crippen molar-refractivity contribution in [1.29, 1.82) is 0 Å². The molecular formula is C17H14N2O2. The number of methoxy groups -OCH3 is 1. The molecular weight excluding hydrogens is 264 g/mol. The number of hydrogen-bond acceptors (Lipinski definition) is 3. The third-order valence-corrected chi connectivity index (χ3v) is 3.27. The first kappa shape index (κ1) is 13.1. The van der Waals surface area contributed by atoms with E-state index in [2.05, 4.69) is 10.2 Å². The minimum atomic E-state index is -0.208. The van der Waals surface area contributed by atoms with E-state index in [1.165, 1.54) is 0 Å². The van der Waals surface area contributed by atoms with Crippen LogP contribution < -0.4 is 10.3 Å². The van der Waals surface area contributed by atoms with E-state index in [1.54, 1.807) is 13.2 Å². The molecule has 0 radical (unpaired) electrons. The molecule has 0 bridgehead atoms. The van der Waals surface area contributed by atoms with Crippen molar-refractivity contribution in [2.45, 2.75) is 0 Å². The van der Waals surface area contributed by atoms with Crippen molar-refractivity contribution in [2.75, 3.05) is 7.11 Å². The SMILES string of the molecule is COc1ccc(-c2cc(-c3ccccc3)n[nH]c2=O)cc1. The van der Waals surface area contributed by atoms with Gasteiger partial charge in [-0.3, -0.25) is 4.79 Å². The largest absolute Gasteiger partial charge is 0.497 e. The first-order chi connectivity index (χ1) is 10.3. The molecule has 0 saturated carbocycles. The van der Waals surface area contributed by atoms with Crippen molar-refractivity contribution >= 4 is 0 Å². The summed E-state index contributed by atoms with van der Waals surface area (Å²) in [6.07, 6.45) is 0. The number of ether oxygens (including phenoxy) is 1. The van der Waals surface area contributed by atoms with Crippen LogP contribution in [0.5, 0.6) is 5.75 Å². The summed E-state index contributed by atoms with van der Waals surface area (Å²) in [6.45, 7) is 0. The molecule has 0 atom stereocenters. The standard InChI is InChI=1S/C17H14N2O2/c1-21-14-9-7-12(8-10-14)15-11-16(18-19-17(15)20)13-5-3-2-4-6-13/h2-11H,1H3,(H,19,20). The monoisotopic (exact) mass is 278 g/mol. The van der Waals surface area contributed by atoms with Crippen molar-refractivity contribution in [3.8, 4) is 28.1 Å². The van der Waals surface area contributed by atoms with Gasteiger partial charge in [-0.15, -0.1) is 0 Å². The molecule has 1 aromatic heterocycles. The highest BCUT2D eigenvalue weighted by Crippen LogP contribution is 2.23. The summed E-state index contributed by atoms with van der Waals surface area (Å²) in [6, 6.07) is 18.9. The lowest BCUT2D eigenvalue weighted by atomic mass is 10.0. The van der Waals surface area contributed by atoms with E-state index in [-0.39, 0.29) is 5.56 Å². The van der Waals surface area contributed by atoms with Crippen molar-refractivity contribution < 1.29 is 4.74 Å². The maximum absolute atomic E-state index is 12.0. The minimum absolute atomic E-state index is 0.208. The molecule has 0 saturated heterocycles. The van der Waals surface area contributed by atoms with Crippen LogP contribution in [0.4, 0.5) is 0 Å². The molecule has 0 unspecified atom stereocenters. The molecule has 0 aliphatic heterocycles. The minimum Gasteiger partial charge on any atom is -0.497 e. The maximum atomic E-state index is 12.0. The van der Waals surface area contributed by atoms with Crippen LogP contribution in [0.3, 0.4) is 0 Å². The van der Waals surface area contributed by atoms with Crippen LogP contribution in [-0.4, -0.2) is 17.3 Å². The number of nitrogens with zero attached hydrogens (tertiary/aromatic N) is 1. The Hall–Kier alpha value is -2.88. The first-order valence-electron chi connectivity index (χ1n) is 6.57. The Morgan fingerprint density at radius 1 is 0.952 bits per heavy atom. The van der Waals surface area contributed by atoms with Crippen LogP contribution in [0, 0.1) is 0 Å². The number of aromatic nitrogens is 2. The summed E-state index contributed by atoms with van der Waals surface area (Å²) >= 11 is 0. The zero-order valence-corrected chi connectivity index (χ0v) is 11.5. The van der Waals surface area contributed by atoms with Gasteiger partial charge >= 0.3 is 0 Å². The second kappa shape index (κ2) is 5.63. The van der Waals surface area contributed by atoms with Crippen LogP contribution in [0.15, 0.2) is 65.5 Å². The Labute approximate surface area is 122 Å². The second-order valence-corrected chi connectivity index (χ2v) is 4.59. The van der Waals surface area contributed by atoms with Gasteiger partial charge in [0.2, 0.25) is 0 Å². The molecule has 1 heterocycles. The fraction of sp³-hybridized carbons (Fsp3) is 0.0588. The molecule has 0 fully saturated rings. The molecule has 0 aliphatic carbocycles. The van der Waals surface area contributed by atoms with Crippen LogP contribution >= 0.6 is 0 Å². The van der Waals surface area contributed by atoms with Crippen LogP contribution in [0.25, 0.3) is 22.4 Å². The fourth-order valence-corrected chi connectivity index (χ4v) is 2.15. The van der Waals surface area contributed by atoms with Gasteiger partial charge < -0.3 is 4.74 Å². The number of nitrogens with one attached hydrogen (secondary N) is 1. The van der Waals surface area contributed by atoms with Gasteiger partial charge in [0.25, 0.3) is 5.56 Å². The quantitative estimate of drug-likeness (QED) is 0.801. The van der Waals surface area contributed by atoms with Gasteiger partial charge in [-0.05, 0) is 23.8 Å². The summed E-state index contributed by atoms with van der Waals surface area (Å²) in [7, 11) is 1.61. The van der Waals surface area contributed by atoms with E-state index < -0.39 is 0 Å². The number of aromatic amines is 1. The van der Waals surface area contributed by atoms with Crippen molar-refractivity contribution in [1.82, 2.24) is 10.2 Å². The molecule has 0 amide bonds. The van der Waals surface area contributed by atoms with Crippen LogP contribution in [-0.2, 0) is 0 Å². The fourth-order valence-electron chi connectivity index (χ4n) is 2.15. The number of benzene rings is 2. The predicted molar refractivity (Wildman–Crippen MR) is 82.3 cm³/mol. The summed E-state index contributed by atoms with van der Waals surface area (Å²) in [5.41, 5.74) is 2.91. The summed E-state index contributed by atoms with van der Waals surface area (Å²) in [5.74, 6) is 0.757. The van der Waals surface area contributed by atoms with Crippen molar-refractivity contribution in [3.63, 3.8) is 0 Å². The highest BCUT2D eigenvalue weighted by atomic mass is 16.5. The normalized spacial score (nSPS) is 10.3. The van der Waals surface area contributed by atoms with Crippen LogP contribution in [0.2, 0.25) is 0 Å². The average Bonchev–Trinajstić information content (AvgIpc) is 2.56. The molecule has 1 N–H and O–H groups in total. The van der Waals surface area contributed by atoms with E-state index in [0.29, 0.717) is 5.56 Å². The predicted octanol–water partition coefficient (Wildman–Crippen LogP) is 3.11. The van der Waals surface area contributed by atoms with Gasteiger partial charge in [-0.2, -0.15) is 5.10 Å². The van der Waals surface area contributed by atoms with Gasteiger partial charge in [0, 0.05) is 5.56 Å². The van der Waals surface area contributed by atoms with Gasteiger partial charge in [0.1, 0.15) is 5.75 Å². The Bertz CT molecular complexity index is 793. The molecule has 4 heteroatoms. The zero-order valence-electron chi connectivity index (χ0n) is 11.5. The molecule has 21 heavy (non-hydrogen) atoms. The Kier molecular flexibility index (Phi) is 3.51. The molecule has 3 aromatic rings. The second-order valence-electron chi connectivity index (χ2n) is 4.59. The van der Waals surface area contributed by atoms with E-state index in [1.807, 2.05) is 54.6 Å². The molecule has 0 spiro atoms. The highest BCUT2D eigenvalue weighted by Gasteiger charge is 2.07. The average molecular weight is 278 g/mol. The van der Waals surface area contributed by atoms with E-state index in [9.17, 15) is 4.79 Å². The Morgan fingerprint density at radius 2 is 1.67 bits per heavy atom. The molecule has 104 valence electrons. The van der Waals surface area contributed by atoms with E-state index in [4.69, 9.17) is 4.74 Å². The lowest BCUT2D eigenvalue weighted by Gasteiger charge is -2.05. The smallest absolute Gasteiger partial charge is 0.272 e. The van der Waals surface area contributed by atoms with Gasteiger partial charge in [-0.1, -0.05) is 42.5 Å². The molecule has 0 aliphatic rings. The van der Waals surface area contributed by atoms with Crippen LogP contribution in [0.1, 0.15) is 0 Å². The van der Waals surface area contributed by atoms with E-state index in [0.717, 1.165) is 22.6 Å². The molecule has 4 nitrogen and oxygen atoms in total. The summed E-state index contributed by atoms with van der Waals surface area (Å²) in [4.78, 5) is 12.0. The van der Waals surface area contributed by atoms with Gasteiger partial charge in [0.15, 0.2) is 0 Å². The maximum Gasteiger partial charge on any atom is 0.272 e. The van der Waals surface area contributed by atoms with Crippen molar-refractivity contribution in [3.05, 3.63) is 71.0 Å². The highest BCUT2D eigenvalue weighted by molar-refractivity contribution is 5.69. The lowest BCUT2D eigenvalue weighted by Crippen LogP contribution is -2.11. The summed E-state index contributed by atoms with van der Waals surface area (Å²) < 4.78 is 5.13. The topological polar surface area (TPSA) is 55.0 Å². The Balaban J connectivity index is 2.07. The number of H-pyrrole nitrogens is 1. The first-order valence-corrected chi connectivity index (χ1v) is 6.57. The van der Waals surface area contributed by atoms with Crippen molar-refractivity contribution in [2.24, 2.45) is 0 Å². The third kappa shape index (κ3) is 2.69. The Morgan fingerprint density at radius 3 is 2.33 bits per heavy atom. The lowest BCUT2D eigenvalue weighted by molar-refractivity contribution is 0.415. The van der Waals surface area contributed by atoms with Gasteiger partial charge in [0.05, 0.1) is 18.4 Å².